The van der Waals surface area contributed by atoms with Crippen molar-refractivity contribution in [1.82, 2.24) is 5.32 Å². The molecule has 0 aliphatic heterocycles. The molecule has 0 bridgehead atoms. The van der Waals surface area contributed by atoms with Crippen molar-refractivity contribution in [3.63, 3.8) is 0 Å². The van der Waals surface area contributed by atoms with E-state index in [9.17, 15) is 0 Å². The number of furan rings is 1. The highest BCUT2D eigenvalue weighted by molar-refractivity contribution is 5.82. The summed E-state index contributed by atoms with van der Waals surface area (Å²) in [5.74, 6) is 1.59. The zero-order chi connectivity index (χ0) is 15.1. The Hall–Kier alpha value is -1.36. The van der Waals surface area contributed by atoms with Crippen LogP contribution in [0, 0.1) is 5.92 Å². The van der Waals surface area contributed by atoms with E-state index in [-0.39, 0.29) is 0 Å². The van der Waals surface area contributed by atoms with Crippen LogP contribution >= 0.6 is 0 Å². The zero-order valence-corrected chi connectivity index (χ0v) is 13.1. The van der Waals surface area contributed by atoms with Crippen LogP contribution in [0.5, 0.6) is 0 Å². The summed E-state index contributed by atoms with van der Waals surface area (Å²) in [7, 11) is 1.68. The minimum atomic E-state index is 0.555. The lowest BCUT2D eigenvalue weighted by atomic mass is 10.1. The minimum Gasteiger partial charge on any atom is -0.459 e. The van der Waals surface area contributed by atoms with Gasteiger partial charge in [0.05, 0.1) is 26.4 Å². The summed E-state index contributed by atoms with van der Waals surface area (Å²) in [5.41, 5.74) is 2.06. The van der Waals surface area contributed by atoms with E-state index in [0.717, 1.165) is 35.4 Å². The highest BCUT2D eigenvalue weighted by Crippen LogP contribution is 2.26. The average Bonchev–Trinajstić information content (AvgIpc) is 2.81. The molecule has 21 heavy (non-hydrogen) atoms. The van der Waals surface area contributed by atoms with E-state index < -0.39 is 0 Å². The molecule has 1 N–H and O–H groups in total. The van der Waals surface area contributed by atoms with Gasteiger partial charge in [0.25, 0.3) is 0 Å². The van der Waals surface area contributed by atoms with Crippen molar-refractivity contribution in [3.8, 4) is 0 Å². The van der Waals surface area contributed by atoms with Gasteiger partial charge in [-0.15, -0.1) is 0 Å². The van der Waals surface area contributed by atoms with E-state index in [1.807, 2.05) is 18.2 Å². The first-order valence-electron chi connectivity index (χ1n) is 7.49. The van der Waals surface area contributed by atoms with E-state index in [1.54, 1.807) is 7.11 Å². The molecular weight excluding hydrogens is 266 g/mol. The van der Waals surface area contributed by atoms with Gasteiger partial charge in [0.1, 0.15) is 11.3 Å². The Kier molecular flexibility index (Phi) is 6.23. The van der Waals surface area contributed by atoms with Crippen LogP contribution in [-0.4, -0.2) is 26.9 Å². The first kappa shape index (κ1) is 16.0. The van der Waals surface area contributed by atoms with Crippen LogP contribution in [0.4, 0.5) is 0 Å². The molecule has 0 amide bonds. The van der Waals surface area contributed by atoms with Gasteiger partial charge in [-0.1, -0.05) is 32.0 Å². The molecular formula is C17H25NO3. The summed E-state index contributed by atoms with van der Waals surface area (Å²) < 4.78 is 16.7. The molecule has 4 heteroatoms. The van der Waals surface area contributed by atoms with Gasteiger partial charge >= 0.3 is 0 Å². The molecule has 1 heterocycles. The van der Waals surface area contributed by atoms with Crippen LogP contribution in [0.3, 0.4) is 0 Å². The molecule has 0 fully saturated rings. The fraction of sp³-hybridized carbons (Fsp3) is 0.529. The Balaban J connectivity index is 2.09. The number of nitrogens with one attached hydrogen (secondary N) is 1. The van der Waals surface area contributed by atoms with Crippen molar-refractivity contribution in [2.24, 2.45) is 5.92 Å². The van der Waals surface area contributed by atoms with Crippen LogP contribution in [0.15, 0.2) is 28.7 Å². The fourth-order valence-corrected chi connectivity index (χ4v) is 2.24. The van der Waals surface area contributed by atoms with Crippen LogP contribution in [0.25, 0.3) is 11.0 Å². The van der Waals surface area contributed by atoms with Gasteiger partial charge in [0, 0.05) is 18.1 Å². The third kappa shape index (κ3) is 4.56. The molecule has 116 valence electrons. The summed E-state index contributed by atoms with van der Waals surface area (Å²) in [6.07, 6.45) is 0. The average molecular weight is 291 g/mol. The molecule has 2 rings (SSSR count). The lowest BCUT2D eigenvalue weighted by Crippen LogP contribution is -2.19. The number of hydrogen-bond donors (Lipinski definition) is 1. The second-order valence-corrected chi connectivity index (χ2v) is 5.57. The summed E-state index contributed by atoms with van der Waals surface area (Å²) in [5, 5.41) is 4.57. The fourth-order valence-electron chi connectivity index (χ4n) is 2.24. The van der Waals surface area contributed by atoms with E-state index in [1.165, 1.54) is 0 Å². The van der Waals surface area contributed by atoms with E-state index in [4.69, 9.17) is 13.9 Å². The number of fused-ring (bicyclic) bond motifs is 1. The van der Waals surface area contributed by atoms with Crippen LogP contribution in [0.1, 0.15) is 25.2 Å². The number of para-hydroxylation sites is 1. The van der Waals surface area contributed by atoms with Gasteiger partial charge in [-0.05, 0) is 18.5 Å². The molecule has 0 unspecified atom stereocenters. The number of hydrogen-bond acceptors (Lipinski definition) is 4. The Morgan fingerprint density at radius 1 is 1.19 bits per heavy atom. The smallest absolute Gasteiger partial charge is 0.134 e. The monoisotopic (exact) mass is 291 g/mol. The maximum Gasteiger partial charge on any atom is 0.134 e. The summed E-state index contributed by atoms with van der Waals surface area (Å²) in [6.45, 7) is 7.85. The molecule has 1 aromatic carbocycles. The molecule has 0 aliphatic carbocycles. The predicted molar refractivity (Wildman–Crippen MR) is 84.3 cm³/mol. The second-order valence-electron chi connectivity index (χ2n) is 5.57. The molecule has 0 spiro atoms. The SMILES string of the molecule is COCCOCc1c(CNCC(C)C)oc2ccccc12. The summed E-state index contributed by atoms with van der Waals surface area (Å²) in [6, 6.07) is 8.11. The molecule has 0 aliphatic rings. The molecule has 1 aromatic heterocycles. The number of methoxy groups -OCH3 is 1. The zero-order valence-electron chi connectivity index (χ0n) is 13.1. The molecule has 0 atom stereocenters. The molecule has 0 radical (unpaired) electrons. The Morgan fingerprint density at radius 2 is 2.00 bits per heavy atom. The van der Waals surface area contributed by atoms with Crippen LogP contribution in [-0.2, 0) is 22.6 Å². The van der Waals surface area contributed by atoms with Gasteiger partial charge in [-0.3, -0.25) is 0 Å². The topological polar surface area (TPSA) is 43.6 Å². The standard InChI is InChI=1S/C17H25NO3/c1-13(2)10-18-11-17-15(12-20-9-8-19-3)14-6-4-5-7-16(14)21-17/h4-7,13,18H,8-12H2,1-3H3. The Bertz CT molecular complexity index is 548. The highest BCUT2D eigenvalue weighted by atomic mass is 16.5. The number of benzene rings is 1. The van der Waals surface area contributed by atoms with Crippen molar-refractivity contribution < 1.29 is 13.9 Å². The van der Waals surface area contributed by atoms with Gasteiger partial charge < -0.3 is 19.2 Å². The van der Waals surface area contributed by atoms with Gasteiger partial charge in [-0.2, -0.15) is 0 Å². The molecule has 0 saturated carbocycles. The van der Waals surface area contributed by atoms with Crippen LogP contribution in [0.2, 0.25) is 0 Å². The van der Waals surface area contributed by atoms with Gasteiger partial charge in [0.15, 0.2) is 0 Å². The van der Waals surface area contributed by atoms with Crippen molar-refractivity contribution in [1.29, 1.82) is 0 Å². The predicted octanol–water partition coefficient (Wildman–Crippen LogP) is 3.34. The Labute approximate surface area is 126 Å². The van der Waals surface area contributed by atoms with Crippen molar-refractivity contribution in [3.05, 3.63) is 35.6 Å². The normalized spacial score (nSPS) is 11.6. The highest BCUT2D eigenvalue weighted by Gasteiger charge is 2.13. The summed E-state index contributed by atoms with van der Waals surface area (Å²) in [4.78, 5) is 0. The second kappa shape index (κ2) is 8.17. The largest absolute Gasteiger partial charge is 0.459 e. The lowest BCUT2D eigenvalue weighted by molar-refractivity contribution is 0.0614. The maximum atomic E-state index is 5.96. The van der Waals surface area contributed by atoms with E-state index in [0.29, 0.717) is 25.7 Å². The maximum absolute atomic E-state index is 5.96. The number of rotatable bonds is 9. The first-order valence-corrected chi connectivity index (χ1v) is 7.49. The van der Waals surface area contributed by atoms with Gasteiger partial charge in [-0.25, -0.2) is 0 Å². The van der Waals surface area contributed by atoms with Crippen molar-refractivity contribution in [2.75, 3.05) is 26.9 Å². The minimum absolute atomic E-state index is 0.555. The molecule has 4 nitrogen and oxygen atoms in total. The van der Waals surface area contributed by atoms with Crippen molar-refractivity contribution >= 4 is 11.0 Å². The quantitative estimate of drug-likeness (QED) is 0.720. The lowest BCUT2D eigenvalue weighted by Gasteiger charge is -2.08. The third-order valence-electron chi connectivity index (χ3n) is 3.30. The Morgan fingerprint density at radius 3 is 2.76 bits per heavy atom. The van der Waals surface area contributed by atoms with E-state index in [2.05, 4.69) is 25.2 Å². The van der Waals surface area contributed by atoms with Gasteiger partial charge in [0.2, 0.25) is 0 Å². The third-order valence-corrected chi connectivity index (χ3v) is 3.30. The van der Waals surface area contributed by atoms with Crippen molar-refractivity contribution in [2.45, 2.75) is 27.0 Å². The number of ether oxygens (including phenoxy) is 2. The first-order chi connectivity index (χ1) is 10.2. The summed E-state index contributed by atoms with van der Waals surface area (Å²) >= 11 is 0. The van der Waals surface area contributed by atoms with E-state index >= 15 is 0 Å². The van der Waals surface area contributed by atoms with Crippen LogP contribution < -0.4 is 5.32 Å². The molecule has 0 saturated heterocycles. The molecule has 2 aromatic rings.